The number of phenolic OH excluding ortho intramolecular Hbond substituents is 1. The number of anilines is 1. The van der Waals surface area contributed by atoms with Gasteiger partial charge < -0.3 is 5.11 Å². The summed E-state index contributed by atoms with van der Waals surface area (Å²) < 4.78 is 72.8. The highest BCUT2D eigenvalue weighted by Gasteiger charge is 2.77. The number of hydrogen-bond donors (Lipinski definition) is 1. The third kappa shape index (κ3) is 3.64. The van der Waals surface area contributed by atoms with E-state index in [0.717, 1.165) is 4.90 Å². The van der Waals surface area contributed by atoms with Crippen molar-refractivity contribution in [1.82, 2.24) is 4.90 Å². The Hall–Kier alpha value is -3.03. The van der Waals surface area contributed by atoms with Gasteiger partial charge in [-0.3, -0.25) is 24.1 Å². The van der Waals surface area contributed by atoms with E-state index >= 15 is 8.78 Å². The number of amides is 4. The van der Waals surface area contributed by atoms with E-state index in [1.54, 1.807) is 13.0 Å². The van der Waals surface area contributed by atoms with Crippen LogP contribution in [-0.2, 0) is 19.2 Å². The molecule has 4 aliphatic rings. The van der Waals surface area contributed by atoms with E-state index in [9.17, 15) is 37.5 Å². The van der Waals surface area contributed by atoms with Crippen LogP contribution in [-0.4, -0.2) is 49.9 Å². The number of likely N-dealkylation sites (tertiary alicyclic amines) is 1. The van der Waals surface area contributed by atoms with Gasteiger partial charge in [0.25, 0.3) is 11.8 Å². The van der Waals surface area contributed by atoms with E-state index in [-0.39, 0.29) is 29.0 Å². The number of halogens is 8. The molecule has 226 valence electrons. The first kappa shape index (κ1) is 30.0. The number of fused-ring (bicyclic) bond motifs is 4. The minimum absolute atomic E-state index is 0.0224. The minimum Gasteiger partial charge on any atom is -0.508 e. The lowest BCUT2D eigenvalue weighted by Gasteiger charge is -2.50. The fraction of sp³-hybridized carbons (Fsp3) is 0.357. The van der Waals surface area contributed by atoms with Crippen molar-refractivity contribution in [2.24, 2.45) is 17.8 Å². The molecule has 2 aromatic rings. The van der Waals surface area contributed by atoms with Crippen LogP contribution >= 0.6 is 39.1 Å². The fourth-order valence-corrected chi connectivity index (χ4v) is 8.35. The Morgan fingerprint density at radius 2 is 1.53 bits per heavy atom. The zero-order valence-electron chi connectivity index (χ0n) is 21.7. The number of phenols is 1. The third-order valence-corrected chi connectivity index (χ3v) is 10.8. The molecule has 1 saturated carbocycles. The number of allylic oxidation sites excluding steroid dienone is 2. The summed E-state index contributed by atoms with van der Waals surface area (Å²) in [4.78, 5) is 50.1. The van der Waals surface area contributed by atoms with E-state index in [1.807, 2.05) is 0 Å². The Kier molecular flexibility index (Phi) is 6.80. The van der Waals surface area contributed by atoms with Crippen molar-refractivity contribution >= 4 is 68.4 Å². The van der Waals surface area contributed by atoms with E-state index in [4.69, 9.17) is 23.2 Å². The Labute approximate surface area is 258 Å². The molecule has 2 aliphatic heterocycles. The second kappa shape index (κ2) is 9.73. The quantitative estimate of drug-likeness (QED) is 0.115. The fourth-order valence-electron chi connectivity index (χ4n) is 7.05. The number of carbonyl (C=O) groups excluding carboxylic acids is 4. The topological polar surface area (TPSA) is 95.0 Å². The molecular weight excluding hydrogens is 690 g/mol. The number of benzene rings is 2. The normalized spacial score (nSPS) is 31.8. The number of carbonyl (C=O) groups is 4. The first-order valence-electron chi connectivity index (χ1n) is 12.9. The summed E-state index contributed by atoms with van der Waals surface area (Å²) >= 11 is 17.2. The number of nitrogens with zero attached hydrogens (tertiary/aromatic N) is 2. The summed E-state index contributed by atoms with van der Waals surface area (Å²) in [6.07, 6.45) is 0.971. The standard InChI is InChI=1S/C28H18BrCl2F5N2O5/c1-2-37-23(40)11-5-4-10-13(15(11)24(37)41)8-27(30)25(42)38(22-20(35)18(33)17(32)19(34)21(22)36)26(43)28(27,31)16(10)12-7-9(29)3-6-14(12)39/h3-4,6-7,11,13,15-16,39H,2,5,8H2,1H3. The Morgan fingerprint density at radius 3 is 2.14 bits per heavy atom. The summed E-state index contributed by atoms with van der Waals surface area (Å²) in [5, 5.41) is 10.9. The van der Waals surface area contributed by atoms with Crippen LogP contribution in [0.2, 0.25) is 0 Å². The second-order valence-corrected chi connectivity index (χ2v) is 13.0. The molecule has 0 aromatic heterocycles. The van der Waals surface area contributed by atoms with Crippen LogP contribution < -0.4 is 4.90 Å². The highest BCUT2D eigenvalue weighted by Crippen LogP contribution is 2.66. The van der Waals surface area contributed by atoms with Crippen LogP contribution in [0.15, 0.2) is 34.3 Å². The molecule has 43 heavy (non-hydrogen) atoms. The lowest BCUT2D eigenvalue weighted by molar-refractivity contribution is -0.140. The maximum absolute atomic E-state index is 15.0. The van der Waals surface area contributed by atoms with Crippen LogP contribution in [0.5, 0.6) is 5.75 Å². The number of alkyl halides is 2. The predicted octanol–water partition coefficient (Wildman–Crippen LogP) is 5.43. The molecule has 6 unspecified atom stereocenters. The largest absolute Gasteiger partial charge is 0.508 e. The summed E-state index contributed by atoms with van der Waals surface area (Å²) in [5.41, 5.74) is -1.69. The molecule has 0 bridgehead atoms. The molecule has 2 heterocycles. The summed E-state index contributed by atoms with van der Waals surface area (Å²) in [7, 11) is 0. The van der Waals surface area contributed by atoms with Gasteiger partial charge in [-0.1, -0.05) is 27.6 Å². The maximum atomic E-state index is 15.0. The van der Waals surface area contributed by atoms with Gasteiger partial charge in [-0.05, 0) is 43.9 Å². The number of hydrogen-bond acceptors (Lipinski definition) is 5. The van der Waals surface area contributed by atoms with Crippen LogP contribution in [0.4, 0.5) is 27.6 Å². The van der Waals surface area contributed by atoms with Crippen molar-refractivity contribution in [3.63, 3.8) is 0 Å². The minimum atomic E-state index is -2.70. The average molecular weight is 708 g/mol. The number of rotatable bonds is 3. The zero-order chi connectivity index (χ0) is 31.5. The van der Waals surface area contributed by atoms with Gasteiger partial charge in [0.15, 0.2) is 33.0 Å². The summed E-state index contributed by atoms with van der Waals surface area (Å²) in [5.74, 6) is -21.4. The predicted molar refractivity (Wildman–Crippen MR) is 145 cm³/mol. The zero-order valence-corrected chi connectivity index (χ0v) is 24.8. The Morgan fingerprint density at radius 1 is 0.930 bits per heavy atom. The van der Waals surface area contributed by atoms with Gasteiger partial charge in [-0.2, -0.15) is 0 Å². The highest BCUT2D eigenvalue weighted by atomic mass is 79.9. The van der Waals surface area contributed by atoms with Crippen molar-refractivity contribution < 1.29 is 46.2 Å². The third-order valence-electron chi connectivity index (χ3n) is 8.93. The number of imide groups is 2. The van der Waals surface area contributed by atoms with Crippen LogP contribution in [0.1, 0.15) is 31.2 Å². The van der Waals surface area contributed by atoms with E-state index in [1.165, 1.54) is 18.2 Å². The van der Waals surface area contributed by atoms with Crippen molar-refractivity contribution in [2.45, 2.75) is 35.4 Å². The van der Waals surface area contributed by atoms with Crippen molar-refractivity contribution in [3.8, 4) is 5.75 Å². The molecule has 0 spiro atoms. The van der Waals surface area contributed by atoms with Gasteiger partial charge in [0.1, 0.15) is 11.4 Å². The maximum Gasteiger partial charge on any atom is 0.258 e. The molecule has 4 amide bonds. The van der Waals surface area contributed by atoms with Gasteiger partial charge >= 0.3 is 0 Å². The van der Waals surface area contributed by atoms with E-state index < -0.39 is 104 Å². The van der Waals surface area contributed by atoms with Crippen LogP contribution in [0.25, 0.3) is 0 Å². The van der Waals surface area contributed by atoms with Crippen LogP contribution in [0.3, 0.4) is 0 Å². The molecule has 2 aromatic carbocycles. The molecule has 2 aliphatic carbocycles. The lowest BCUT2D eigenvalue weighted by Crippen LogP contribution is -2.60. The first-order valence-corrected chi connectivity index (χ1v) is 14.5. The highest BCUT2D eigenvalue weighted by molar-refractivity contribution is 9.10. The van der Waals surface area contributed by atoms with Gasteiger partial charge in [0.05, 0.1) is 11.8 Å². The van der Waals surface area contributed by atoms with Gasteiger partial charge in [0.2, 0.25) is 17.6 Å². The molecule has 3 fully saturated rings. The molecule has 6 atom stereocenters. The lowest BCUT2D eigenvalue weighted by atomic mass is 9.56. The first-order chi connectivity index (χ1) is 20.1. The summed E-state index contributed by atoms with van der Waals surface area (Å²) in [6, 6.07) is 4.04. The molecule has 15 heteroatoms. The van der Waals surface area contributed by atoms with Gasteiger partial charge in [0, 0.05) is 22.5 Å². The molecule has 2 saturated heterocycles. The molecule has 1 N–H and O–H groups in total. The average Bonchev–Trinajstić information content (AvgIpc) is 3.30. The van der Waals surface area contributed by atoms with Gasteiger partial charge in [-0.15, -0.1) is 23.2 Å². The monoisotopic (exact) mass is 706 g/mol. The Bertz CT molecular complexity index is 1700. The van der Waals surface area contributed by atoms with Gasteiger partial charge in [-0.25, -0.2) is 26.9 Å². The smallest absolute Gasteiger partial charge is 0.258 e. The van der Waals surface area contributed by atoms with Crippen molar-refractivity contribution in [2.75, 3.05) is 11.4 Å². The van der Waals surface area contributed by atoms with Crippen molar-refractivity contribution in [3.05, 3.63) is 69.0 Å². The SMILES string of the molecule is CCN1C(=O)C2CC=C3C(CC4(Cl)C(=O)N(c5c(F)c(F)c(F)c(F)c5F)C(=O)C4(Cl)C3c3cc(Br)ccc3O)C2C1=O. The van der Waals surface area contributed by atoms with E-state index in [0.29, 0.717) is 4.47 Å². The molecule has 0 radical (unpaired) electrons. The van der Waals surface area contributed by atoms with E-state index in [2.05, 4.69) is 15.9 Å². The van der Waals surface area contributed by atoms with Crippen molar-refractivity contribution in [1.29, 1.82) is 0 Å². The Balaban J connectivity index is 1.63. The molecule has 6 rings (SSSR count). The summed E-state index contributed by atoms with van der Waals surface area (Å²) in [6.45, 7) is 1.65. The number of aromatic hydroxyl groups is 1. The second-order valence-electron chi connectivity index (χ2n) is 10.8. The molecule has 7 nitrogen and oxygen atoms in total. The van der Waals surface area contributed by atoms with Crippen LogP contribution in [0, 0.1) is 46.8 Å². The molecular formula is C28H18BrCl2F5N2O5.